The molecule has 0 saturated carbocycles. The Morgan fingerprint density at radius 2 is 2.38 bits per heavy atom. The molecule has 1 heterocycles. The van der Waals surface area contributed by atoms with Gasteiger partial charge in [0.1, 0.15) is 0 Å². The van der Waals surface area contributed by atoms with Crippen molar-refractivity contribution in [3.8, 4) is 0 Å². The first-order valence-corrected chi connectivity index (χ1v) is 4.45. The Bertz CT molecular complexity index is 270. The molecule has 0 amide bonds. The van der Waals surface area contributed by atoms with Crippen LogP contribution in [-0.2, 0) is 13.5 Å². The lowest BCUT2D eigenvalue weighted by atomic mass is 10.2. The highest BCUT2D eigenvalue weighted by atomic mass is 16.3. The zero-order chi connectivity index (χ0) is 9.84. The maximum atomic E-state index is 9.53. The van der Waals surface area contributed by atoms with Crippen LogP contribution in [0.2, 0.25) is 0 Å². The van der Waals surface area contributed by atoms with Crippen LogP contribution in [0.4, 0.5) is 0 Å². The highest BCUT2D eigenvalue weighted by molar-refractivity contribution is 5.09. The quantitative estimate of drug-likeness (QED) is 0.682. The summed E-state index contributed by atoms with van der Waals surface area (Å²) in [5, 5.41) is 16.7. The summed E-state index contributed by atoms with van der Waals surface area (Å²) in [5.74, 6) is 0. The van der Waals surface area contributed by atoms with Crippen LogP contribution in [0, 0.1) is 6.92 Å². The summed E-state index contributed by atoms with van der Waals surface area (Å²) in [6.45, 7) is 2.57. The minimum atomic E-state index is -0.334. The van der Waals surface area contributed by atoms with Crippen molar-refractivity contribution in [2.75, 3.05) is 13.6 Å². The van der Waals surface area contributed by atoms with E-state index in [4.69, 9.17) is 0 Å². The van der Waals surface area contributed by atoms with Crippen LogP contribution >= 0.6 is 0 Å². The van der Waals surface area contributed by atoms with E-state index in [2.05, 4.69) is 10.4 Å². The fourth-order valence-electron chi connectivity index (χ4n) is 1.40. The maximum absolute atomic E-state index is 9.53. The molecule has 0 aromatic carbocycles. The van der Waals surface area contributed by atoms with Gasteiger partial charge in [0, 0.05) is 25.7 Å². The first-order chi connectivity index (χ1) is 6.13. The zero-order valence-corrected chi connectivity index (χ0v) is 8.41. The number of nitrogens with zero attached hydrogens (tertiary/aromatic N) is 2. The van der Waals surface area contributed by atoms with Crippen molar-refractivity contribution in [3.63, 3.8) is 0 Å². The van der Waals surface area contributed by atoms with Crippen LogP contribution < -0.4 is 5.32 Å². The normalized spacial score (nSPS) is 13.2. The Labute approximate surface area is 78.6 Å². The summed E-state index contributed by atoms with van der Waals surface area (Å²) in [6.07, 6.45) is 0.317. The summed E-state index contributed by atoms with van der Waals surface area (Å²) < 4.78 is 1.81. The van der Waals surface area contributed by atoms with Gasteiger partial charge in [0.2, 0.25) is 0 Å². The highest BCUT2D eigenvalue weighted by Crippen LogP contribution is 2.04. The zero-order valence-electron chi connectivity index (χ0n) is 8.41. The van der Waals surface area contributed by atoms with Gasteiger partial charge in [-0.3, -0.25) is 4.68 Å². The van der Waals surface area contributed by atoms with E-state index < -0.39 is 0 Å². The van der Waals surface area contributed by atoms with Crippen molar-refractivity contribution in [3.05, 3.63) is 17.5 Å². The fraction of sp³-hybridized carbons (Fsp3) is 0.667. The summed E-state index contributed by atoms with van der Waals surface area (Å²) in [7, 11) is 3.73. The molecule has 0 aliphatic carbocycles. The van der Waals surface area contributed by atoms with Crippen molar-refractivity contribution >= 4 is 0 Å². The third-order valence-corrected chi connectivity index (χ3v) is 1.98. The molecule has 0 fully saturated rings. The Balaban J connectivity index is 2.57. The molecule has 1 unspecified atom stereocenters. The lowest BCUT2D eigenvalue weighted by Gasteiger charge is -2.09. The molecular formula is C9H17N3O. The predicted molar refractivity (Wildman–Crippen MR) is 51.6 cm³/mol. The standard InChI is InChI=1S/C9H17N3O/c1-7-4-8(12(3)11-7)5-9(13)6-10-2/h4,9-10,13H,5-6H2,1-3H3. The number of aryl methyl sites for hydroxylation is 2. The smallest absolute Gasteiger partial charge is 0.0719 e. The van der Waals surface area contributed by atoms with Gasteiger partial charge >= 0.3 is 0 Å². The summed E-state index contributed by atoms with van der Waals surface area (Å²) in [6, 6.07) is 2.00. The molecule has 0 bridgehead atoms. The molecule has 1 aromatic rings. The largest absolute Gasteiger partial charge is 0.391 e. The number of aliphatic hydroxyl groups is 1. The molecule has 1 atom stereocenters. The van der Waals surface area contributed by atoms with E-state index in [9.17, 15) is 5.11 Å². The maximum Gasteiger partial charge on any atom is 0.0719 e. The molecule has 74 valence electrons. The number of hydrogen-bond acceptors (Lipinski definition) is 3. The minimum absolute atomic E-state index is 0.334. The lowest BCUT2D eigenvalue weighted by Crippen LogP contribution is -2.26. The number of hydrogen-bond donors (Lipinski definition) is 2. The van der Waals surface area contributed by atoms with Crippen LogP contribution in [0.1, 0.15) is 11.4 Å². The van der Waals surface area contributed by atoms with E-state index in [1.165, 1.54) is 0 Å². The second kappa shape index (κ2) is 4.39. The molecule has 0 spiro atoms. The van der Waals surface area contributed by atoms with Crippen molar-refractivity contribution in [2.45, 2.75) is 19.4 Å². The van der Waals surface area contributed by atoms with E-state index in [1.54, 1.807) is 0 Å². The number of rotatable bonds is 4. The molecular weight excluding hydrogens is 166 g/mol. The Hall–Kier alpha value is -0.870. The fourth-order valence-corrected chi connectivity index (χ4v) is 1.40. The van der Waals surface area contributed by atoms with Crippen LogP contribution in [-0.4, -0.2) is 34.6 Å². The van der Waals surface area contributed by atoms with E-state index in [0.717, 1.165) is 11.4 Å². The van der Waals surface area contributed by atoms with Gasteiger partial charge in [-0.2, -0.15) is 5.10 Å². The lowest BCUT2D eigenvalue weighted by molar-refractivity contribution is 0.172. The van der Waals surface area contributed by atoms with Gasteiger partial charge in [0.25, 0.3) is 0 Å². The third kappa shape index (κ3) is 2.82. The molecule has 1 rings (SSSR count). The van der Waals surface area contributed by atoms with E-state index in [0.29, 0.717) is 13.0 Å². The van der Waals surface area contributed by atoms with E-state index in [-0.39, 0.29) is 6.10 Å². The predicted octanol–water partition coefficient (Wildman–Crippen LogP) is -0.149. The van der Waals surface area contributed by atoms with Gasteiger partial charge in [0.15, 0.2) is 0 Å². The summed E-state index contributed by atoms with van der Waals surface area (Å²) in [5.41, 5.74) is 2.06. The SMILES string of the molecule is CNCC(O)Cc1cc(C)nn1C. The average Bonchev–Trinajstić information content (AvgIpc) is 2.30. The van der Waals surface area contributed by atoms with E-state index in [1.807, 2.05) is 31.8 Å². The van der Waals surface area contributed by atoms with Gasteiger partial charge < -0.3 is 10.4 Å². The summed E-state index contributed by atoms with van der Waals surface area (Å²) >= 11 is 0. The molecule has 4 heteroatoms. The van der Waals surface area contributed by atoms with Crippen molar-refractivity contribution in [1.82, 2.24) is 15.1 Å². The molecule has 0 aliphatic heterocycles. The molecule has 0 radical (unpaired) electrons. The number of nitrogens with one attached hydrogen (secondary N) is 1. The van der Waals surface area contributed by atoms with E-state index >= 15 is 0 Å². The molecule has 2 N–H and O–H groups in total. The van der Waals surface area contributed by atoms with Gasteiger partial charge in [-0.25, -0.2) is 0 Å². The van der Waals surface area contributed by atoms with Crippen molar-refractivity contribution < 1.29 is 5.11 Å². The topological polar surface area (TPSA) is 50.1 Å². The van der Waals surface area contributed by atoms with Crippen molar-refractivity contribution in [1.29, 1.82) is 0 Å². The van der Waals surface area contributed by atoms with Crippen LogP contribution in [0.15, 0.2) is 6.07 Å². The molecule has 4 nitrogen and oxygen atoms in total. The first kappa shape index (κ1) is 10.2. The molecule has 13 heavy (non-hydrogen) atoms. The van der Waals surface area contributed by atoms with Gasteiger partial charge in [-0.05, 0) is 20.0 Å². The third-order valence-electron chi connectivity index (χ3n) is 1.98. The van der Waals surface area contributed by atoms with Gasteiger partial charge in [-0.1, -0.05) is 0 Å². The van der Waals surface area contributed by atoms with Gasteiger partial charge in [0.05, 0.1) is 11.8 Å². The monoisotopic (exact) mass is 183 g/mol. The van der Waals surface area contributed by atoms with Crippen LogP contribution in [0.25, 0.3) is 0 Å². The minimum Gasteiger partial charge on any atom is -0.391 e. The molecule has 0 saturated heterocycles. The van der Waals surface area contributed by atoms with Crippen LogP contribution in [0.3, 0.4) is 0 Å². The Kier molecular flexibility index (Phi) is 3.45. The number of aliphatic hydroxyl groups excluding tert-OH is 1. The second-order valence-electron chi connectivity index (χ2n) is 3.32. The highest BCUT2D eigenvalue weighted by Gasteiger charge is 2.08. The second-order valence-corrected chi connectivity index (χ2v) is 3.32. The first-order valence-electron chi connectivity index (χ1n) is 4.45. The Morgan fingerprint density at radius 3 is 2.85 bits per heavy atom. The number of aromatic nitrogens is 2. The average molecular weight is 183 g/mol. The van der Waals surface area contributed by atoms with Crippen LogP contribution in [0.5, 0.6) is 0 Å². The van der Waals surface area contributed by atoms with Gasteiger partial charge in [-0.15, -0.1) is 0 Å². The molecule has 0 aliphatic rings. The molecule has 1 aromatic heterocycles. The Morgan fingerprint density at radius 1 is 1.69 bits per heavy atom. The number of likely N-dealkylation sites (N-methyl/N-ethyl adjacent to an activating group) is 1. The summed E-state index contributed by atoms with van der Waals surface area (Å²) in [4.78, 5) is 0. The van der Waals surface area contributed by atoms with Crippen molar-refractivity contribution in [2.24, 2.45) is 7.05 Å².